The summed E-state index contributed by atoms with van der Waals surface area (Å²) in [5.74, 6) is 0.830. The fraction of sp³-hybridized carbons (Fsp3) is 0.364. The second-order valence-electron chi connectivity index (χ2n) is 3.14. The van der Waals surface area contributed by atoms with Gasteiger partial charge in [-0.2, -0.15) is 5.26 Å². The van der Waals surface area contributed by atoms with Crippen molar-refractivity contribution >= 4 is 15.9 Å². The molecule has 0 fully saturated rings. The lowest BCUT2D eigenvalue weighted by Gasteiger charge is -2.10. The molecule has 2 nitrogen and oxygen atoms in total. The summed E-state index contributed by atoms with van der Waals surface area (Å²) in [6, 6.07) is 6.10. The molecule has 0 aliphatic rings. The lowest BCUT2D eigenvalue weighted by atomic mass is 10.1. The van der Waals surface area contributed by atoms with E-state index in [-0.39, 0.29) is 6.61 Å². The van der Waals surface area contributed by atoms with Crippen LogP contribution in [0.15, 0.2) is 12.1 Å². The van der Waals surface area contributed by atoms with Crippen molar-refractivity contribution in [2.75, 3.05) is 6.61 Å². The van der Waals surface area contributed by atoms with Gasteiger partial charge in [-0.1, -0.05) is 28.1 Å². The van der Waals surface area contributed by atoms with Crippen LogP contribution in [0.2, 0.25) is 0 Å². The van der Waals surface area contributed by atoms with E-state index in [0.717, 1.165) is 22.2 Å². The fourth-order valence-corrected chi connectivity index (χ4v) is 1.77. The number of nitriles is 1. The van der Waals surface area contributed by atoms with Crippen molar-refractivity contribution in [1.29, 1.82) is 5.26 Å². The van der Waals surface area contributed by atoms with Crippen LogP contribution in [-0.2, 0) is 5.33 Å². The molecule has 0 amide bonds. The zero-order valence-electron chi connectivity index (χ0n) is 8.30. The summed E-state index contributed by atoms with van der Waals surface area (Å²) in [5, 5.41) is 9.27. The second-order valence-corrected chi connectivity index (χ2v) is 3.70. The lowest BCUT2D eigenvalue weighted by Crippen LogP contribution is -1.98. The molecule has 0 saturated heterocycles. The fourth-order valence-electron chi connectivity index (χ4n) is 1.45. The van der Waals surface area contributed by atoms with Crippen LogP contribution in [0.5, 0.6) is 5.75 Å². The summed E-state index contributed by atoms with van der Waals surface area (Å²) < 4.78 is 5.34. The van der Waals surface area contributed by atoms with E-state index in [2.05, 4.69) is 28.1 Å². The maximum Gasteiger partial charge on any atom is 0.174 e. The third-order valence-electron chi connectivity index (χ3n) is 1.96. The first-order chi connectivity index (χ1) is 6.69. The number of benzene rings is 1. The van der Waals surface area contributed by atoms with Crippen LogP contribution in [0.1, 0.15) is 16.7 Å². The van der Waals surface area contributed by atoms with Gasteiger partial charge in [-0.05, 0) is 30.5 Å². The molecule has 0 atom stereocenters. The summed E-state index contributed by atoms with van der Waals surface area (Å²) in [5.41, 5.74) is 3.38. The van der Waals surface area contributed by atoms with Crippen molar-refractivity contribution in [2.24, 2.45) is 0 Å². The SMILES string of the molecule is Cc1cc(CBr)cc(C)c1OCC#N. The van der Waals surface area contributed by atoms with Gasteiger partial charge in [-0.15, -0.1) is 0 Å². The van der Waals surface area contributed by atoms with Gasteiger partial charge in [0, 0.05) is 5.33 Å². The highest BCUT2D eigenvalue weighted by molar-refractivity contribution is 9.08. The standard InChI is InChI=1S/C11H12BrNO/c1-8-5-10(7-12)6-9(2)11(8)14-4-3-13/h5-6H,4,7H2,1-2H3. The molecule has 0 saturated carbocycles. The minimum Gasteiger partial charge on any atom is -0.478 e. The van der Waals surface area contributed by atoms with Gasteiger partial charge in [0.1, 0.15) is 11.8 Å². The smallest absolute Gasteiger partial charge is 0.174 e. The van der Waals surface area contributed by atoms with Crippen molar-refractivity contribution in [1.82, 2.24) is 0 Å². The Bertz CT molecular complexity index is 345. The van der Waals surface area contributed by atoms with Crippen LogP contribution in [0, 0.1) is 25.2 Å². The van der Waals surface area contributed by atoms with Crippen LogP contribution in [0.3, 0.4) is 0 Å². The second kappa shape index (κ2) is 5.02. The van der Waals surface area contributed by atoms with Gasteiger partial charge >= 0.3 is 0 Å². The maximum atomic E-state index is 8.43. The van der Waals surface area contributed by atoms with E-state index < -0.39 is 0 Å². The normalized spacial score (nSPS) is 9.57. The first-order valence-corrected chi connectivity index (χ1v) is 5.47. The third-order valence-corrected chi connectivity index (χ3v) is 2.60. The van der Waals surface area contributed by atoms with E-state index in [4.69, 9.17) is 10.00 Å². The molecule has 3 heteroatoms. The van der Waals surface area contributed by atoms with E-state index >= 15 is 0 Å². The van der Waals surface area contributed by atoms with Crippen molar-refractivity contribution in [3.63, 3.8) is 0 Å². The van der Waals surface area contributed by atoms with E-state index in [9.17, 15) is 0 Å². The summed E-state index contributed by atoms with van der Waals surface area (Å²) in [6.45, 7) is 4.09. The Morgan fingerprint density at radius 2 is 1.93 bits per heavy atom. The summed E-state index contributed by atoms with van der Waals surface area (Å²) in [4.78, 5) is 0. The Morgan fingerprint density at radius 3 is 2.36 bits per heavy atom. The molecule has 0 aliphatic carbocycles. The van der Waals surface area contributed by atoms with Gasteiger partial charge in [0.2, 0.25) is 0 Å². The summed E-state index contributed by atoms with van der Waals surface area (Å²) >= 11 is 3.41. The number of hydrogen-bond donors (Lipinski definition) is 0. The highest BCUT2D eigenvalue weighted by Crippen LogP contribution is 2.25. The summed E-state index contributed by atoms with van der Waals surface area (Å²) in [7, 11) is 0. The predicted octanol–water partition coefficient (Wildman–Crippen LogP) is 3.10. The van der Waals surface area contributed by atoms with Gasteiger partial charge in [-0.25, -0.2) is 0 Å². The number of hydrogen-bond acceptors (Lipinski definition) is 2. The molecule has 1 aromatic rings. The molecule has 74 valence electrons. The molecule has 0 N–H and O–H groups in total. The molecule has 0 bridgehead atoms. The topological polar surface area (TPSA) is 33.0 Å². The van der Waals surface area contributed by atoms with Crippen molar-refractivity contribution in [2.45, 2.75) is 19.2 Å². The van der Waals surface area contributed by atoms with E-state index in [1.54, 1.807) is 0 Å². The number of ether oxygens (including phenoxy) is 1. The maximum absolute atomic E-state index is 8.43. The van der Waals surface area contributed by atoms with Crippen LogP contribution in [-0.4, -0.2) is 6.61 Å². The van der Waals surface area contributed by atoms with Gasteiger partial charge in [0.15, 0.2) is 6.61 Å². The predicted molar refractivity (Wildman–Crippen MR) is 59.7 cm³/mol. The Hall–Kier alpha value is -1.01. The highest BCUT2D eigenvalue weighted by atomic mass is 79.9. The molecule has 0 radical (unpaired) electrons. The van der Waals surface area contributed by atoms with Crippen LogP contribution < -0.4 is 4.74 Å². The Labute approximate surface area is 92.6 Å². The van der Waals surface area contributed by atoms with E-state index in [1.807, 2.05) is 19.9 Å². The Morgan fingerprint density at radius 1 is 1.36 bits per heavy atom. The minimum absolute atomic E-state index is 0.106. The lowest BCUT2D eigenvalue weighted by molar-refractivity contribution is 0.363. The quantitative estimate of drug-likeness (QED) is 0.776. The van der Waals surface area contributed by atoms with Gasteiger partial charge in [-0.3, -0.25) is 0 Å². The highest BCUT2D eigenvalue weighted by Gasteiger charge is 2.05. The van der Waals surface area contributed by atoms with Crippen LogP contribution in [0.25, 0.3) is 0 Å². The first-order valence-electron chi connectivity index (χ1n) is 4.35. The van der Waals surface area contributed by atoms with Crippen LogP contribution >= 0.6 is 15.9 Å². The number of halogens is 1. The molecule has 0 unspecified atom stereocenters. The number of nitrogens with zero attached hydrogens (tertiary/aromatic N) is 1. The number of alkyl halides is 1. The van der Waals surface area contributed by atoms with E-state index in [1.165, 1.54) is 5.56 Å². The van der Waals surface area contributed by atoms with Crippen molar-refractivity contribution < 1.29 is 4.74 Å². The molecular weight excluding hydrogens is 242 g/mol. The average molecular weight is 254 g/mol. The number of aryl methyl sites for hydroxylation is 2. The molecule has 0 spiro atoms. The van der Waals surface area contributed by atoms with Gasteiger partial charge in [0.05, 0.1) is 0 Å². The van der Waals surface area contributed by atoms with Gasteiger partial charge in [0.25, 0.3) is 0 Å². The summed E-state index contributed by atoms with van der Waals surface area (Å²) in [6.07, 6.45) is 0. The first kappa shape index (κ1) is 11.1. The molecule has 0 aromatic heterocycles. The average Bonchev–Trinajstić information content (AvgIpc) is 2.16. The molecule has 0 aliphatic heterocycles. The molecule has 1 aromatic carbocycles. The van der Waals surface area contributed by atoms with E-state index in [0.29, 0.717) is 0 Å². The largest absolute Gasteiger partial charge is 0.478 e. The third kappa shape index (κ3) is 2.49. The Balaban J connectivity index is 3.00. The zero-order chi connectivity index (χ0) is 10.6. The van der Waals surface area contributed by atoms with Crippen molar-refractivity contribution in [3.8, 4) is 11.8 Å². The van der Waals surface area contributed by atoms with Gasteiger partial charge < -0.3 is 4.74 Å². The Kier molecular flexibility index (Phi) is 3.97. The molecule has 0 heterocycles. The van der Waals surface area contributed by atoms with Crippen LogP contribution in [0.4, 0.5) is 0 Å². The minimum atomic E-state index is 0.106. The molecular formula is C11H12BrNO. The molecule has 14 heavy (non-hydrogen) atoms. The monoisotopic (exact) mass is 253 g/mol. The molecule has 1 rings (SSSR count). The van der Waals surface area contributed by atoms with Crippen molar-refractivity contribution in [3.05, 3.63) is 28.8 Å². The number of rotatable bonds is 3. The zero-order valence-corrected chi connectivity index (χ0v) is 9.89.